The Morgan fingerprint density at radius 1 is 1.07 bits per heavy atom. The number of esters is 2. The first-order valence-electron chi connectivity index (χ1n) is 3.48. The molecule has 1 aromatic rings. The molecule has 0 saturated carbocycles. The molecule has 0 atom stereocenters. The molecule has 0 aliphatic carbocycles. The van der Waals surface area contributed by atoms with Crippen molar-refractivity contribution in [3.05, 3.63) is 35.9 Å². The van der Waals surface area contributed by atoms with E-state index in [9.17, 15) is 9.59 Å². The van der Waals surface area contributed by atoms with E-state index in [0.717, 1.165) is 0 Å². The van der Waals surface area contributed by atoms with Crippen LogP contribution in [0.3, 0.4) is 0 Å². The first-order chi connectivity index (χ1) is 5.70. The Hall–Kier alpha value is 0.360. The molecular formula is C9H10Na2O3. The van der Waals surface area contributed by atoms with Gasteiger partial charge in [-0.2, -0.15) is 0 Å². The minimum atomic E-state index is -0.608. The fraction of sp³-hybridized carbons (Fsp3) is 0.111. The Morgan fingerprint density at radius 2 is 1.57 bits per heavy atom. The first kappa shape index (κ1) is 16.8. The van der Waals surface area contributed by atoms with Crippen LogP contribution in [0, 0.1) is 0 Å². The number of rotatable bonds is 1. The Labute approximate surface area is 127 Å². The number of carbonyl (C=O) groups is 2. The Morgan fingerprint density at radius 3 is 2.00 bits per heavy atom. The van der Waals surface area contributed by atoms with E-state index in [4.69, 9.17) is 0 Å². The van der Waals surface area contributed by atoms with E-state index in [1.54, 1.807) is 30.3 Å². The summed E-state index contributed by atoms with van der Waals surface area (Å²) in [5.74, 6) is -1.20. The summed E-state index contributed by atoms with van der Waals surface area (Å²) in [5, 5.41) is 0. The van der Waals surface area contributed by atoms with Crippen LogP contribution in [-0.2, 0) is 9.53 Å². The number of ether oxygens (including phenoxy) is 1. The minimum absolute atomic E-state index is 0. The van der Waals surface area contributed by atoms with E-state index in [1.165, 1.54) is 6.92 Å². The van der Waals surface area contributed by atoms with Crippen molar-refractivity contribution in [1.82, 2.24) is 0 Å². The van der Waals surface area contributed by atoms with Crippen LogP contribution in [0.1, 0.15) is 17.3 Å². The van der Waals surface area contributed by atoms with Crippen molar-refractivity contribution in [2.75, 3.05) is 0 Å². The van der Waals surface area contributed by atoms with Gasteiger partial charge in [-0.15, -0.1) is 0 Å². The third-order valence-corrected chi connectivity index (χ3v) is 1.25. The van der Waals surface area contributed by atoms with Gasteiger partial charge >= 0.3 is 71.1 Å². The first-order valence-corrected chi connectivity index (χ1v) is 3.48. The molecule has 1 rings (SSSR count). The summed E-state index contributed by atoms with van der Waals surface area (Å²) in [6.45, 7) is 1.20. The van der Waals surface area contributed by atoms with E-state index in [-0.39, 0.29) is 59.1 Å². The molecule has 0 N–H and O–H groups in total. The van der Waals surface area contributed by atoms with Crippen molar-refractivity contribution >= 4 is 71.1 Å². The molecule has 66 valence electrons. The second-order valence-corrected chi connectivity index (χ2v) is 2.25. The molecule has 0 aliphatic heterocycles. The molecule has 0 fully saturated rings. The Balaban J connectivity index is 0. The second-order valence-electron chi connectivity index (χ2n) is 2.25. The van der Waals surface area contributed by atoms with Gasteiger partial charge in [0.2, 0.25) is 0 Å². The number of hydrogen-bond donors (Lipinski definition) is 0. The number of benzene rings is 1. The molecule has 0 heterocycles. The van der Waals surface area contributed by atoms with E-state index in [1.807, 2.05) is 0 Å². The Kier molecular flexibility index (Phi) is 10.4. The monoisotopic (exact) mass is 212 g/mol. The summed E-state index contributed by atoms with van der Waals surface area (Å²) in [4.78, 5) is 21.4. The van der Waals surface area contributed by atoms with Crippen molar-refractivity contribution in [2.24, 2.45) is 0 Å². The topological polar surface area (TPSA) is 43.4 Å². The molecule has 1 aromatic carbocycles. The van der Waals surface area contributed by atoms with E-state index >= 15 is 0 Å². The van der Waals surface area contributed by atoms with E-state index in [0.29, 0.717) is 5.56 Å². The van der Waals surface area contributed by atoms with Crippen molar-refractivity contribution in [3.63, 3.8) is 0 Å². The van der Waals surface area contributed by atoms with E-state index in [2.05, 4.69) is 4.74 Å². The number of hydrogen-bond acceptors (Lipinski definition) is 3. The summed E-state index contributed by atoms with van der Waals surface area (Å²) in [6, 6.07) is 8.37. The van der Waals surface area contributed by atoms with Gasteiger partial charge in [0.05, 0.1) is 5.56 Å². The van der Waals surface area contributed by atoms with Crippen LogP contribution in [0.2, 0.25) is 0 Å². The molecule has 0 aromatic heterocycles. The zero-order valence-electron chi connectivity index (χ0n) is 6.61. The number of carbonyl (C=O) groups excluding carboxylic acids is 2. The summed E-state index contributed by atoms with van der Waals surface area (Å²) in [5.41, 5.74) is 0.382. The fourth-order valence-electron chi connectivity index (χ4n) is 0.764. The van der Waals surface area contributed by atoms with Gasteiger partial charge in [0.25, 0.3) is 0 Å². The van der Waals surface area contributed by atoms with Gasteiger partial charge in [-0.1, -0.05) is 18.2 Å². The van der Waals surface area contributed by atoms with Crippen LogP contribution < -0.4 is 0 Å². The third kappa shape index (κ3) is 5.96. The molecule has 0 bridgehead atoms. The summed E-state index contributed by atoms with van der Waals surface area (Å²) in [6.07, 6.45) is 0. The maximum atomic E-state index is 11.0. The molecule has 0 unspecified atom stereocenters. The fourth-order valence-corrected chi connectivity index (χ4v) is 0.764. The van der Waals surface area contributed by atoms with Crippen LogP contribution in [0.5, 0.6) is 0 Å². The normalized spacial score (nSPS) is 7.79. The van der Waals surface area contributed by atoms with Crippen LogP contribution in [0.4, 0.5) is 0 Å². The molecule has 0 aliphatic rings. The van der Waals surface area contributed by atoms with Gasteiger partial charge in [-0.3, -0.25) is 4.79 Å². The molecule has 3 nitrogen and oxygen atoms in total. The molecule has 0 spiro atoms. The van der Waals surface area contributed by atoms with Crippen molar-refractivity contribution < 1.29 is 14.3 Å². The average Bonchev–Trinajstić information content (AvgIpc) is 2.05. The summed E-state index contributed by atoms with van der Waals surface area (Å²) in [7, 11) is 0. The van der Waals surface area contributed by atoms with Gasteiger partial charge < -0.3 is 4.74 Å². The van der Waals surface area contributed by atoms with Crippen LogP contribution >= 0.6 is 0 Å². The molecule has 14 heavy (non-hydrogen) atoms. The zero-order valence-corrected chi connectivity index (χ0v) is 6.61. The predicted octanol–water partition coefficient (Wildman–Crippen LogP) is 0.0929. The standard InChI is InChI=1S/C9H8O3.2Na.2H/c1-7(10)12-9(11)8-5-3-2-4-6-8;;;;/h2-6H,1H3;;;;. The van der Waals surface area contributed by atoms with Crippen LogP contribution in [0.15, 0.2) is 30.3 Å². The predicted molar refractivity (Wildman–Crippen MR) is 56.8 cm³/mol. The summed E-state index contributed by atoms with van der Waals surface area (Å²) < 4.78 is 4.36. The maximum absolute atomic E-state index is 11.0. The Bertz CT molecular complexity index is 298. The molecule has 5 heteroatoms. The molecule has 0 amide bonds. The van der Waals surface area contributed by atoms with Gasteiger partial charge in [-0.05, 0) is 12.1 Å². The average molecular weight is 212 g/mol. The zero-order chi connectivity index (χ0) is 8.97. The van der Waals surface area contributed by atoms with Crippen LogP contribution in [0.25, 0.3) is 0 Å². The second kappa shape index (κ2) is 8.65. The van der Waals surface area contributed by atoms with Gasteiger partial charge in [0.15, 0.2) is 0 Å². The van der Waals surface area contributed by atoms with Crippen molar-refractivity contribution in [2.45, 2.75) is 6.92 Å². The molecule has 0 radical (unpaired) electrons. The van der Waals surface area contributed by atoms with Crippen molar-refractivity contribution in [3.8, 4) is 0 Å². The van der Waals surface area contributed by atoms with Gasteiger partial charge in [0, 0.05) is 6.92 Å². The van der Waals surface area contributed by atoms with Crippen molar-refractivity contribution in [1.29, 1.82) is 0 Å². The summed E-state index contributed by atoms with van der Waals surface area (Å²) >= 11 is 0. The SMILES string of the molecule is CC(=O)OC(=O)c1ccccc1.[NaH].[NaH]. The van der Waals surface area contributed by atoms with Gasteiger partial charge in [-0.25, -0.2) is 4.79 Å². The molecular weight excluding hydrogens is 202 g/mol. The molecule has 0 saturated heterocycles. The van der Waals surface area contributed by atoms with Gasteiger partial charge in [0.1, 0.15) is 0 Å². The van der Waals surface area contributed by atoms with Crippen LogP contribution in [-0.4, -0.2) is 71.1 Å². The third-order valence-electron chi connectivity index (χ3n) is 1.25. The van der Waals surface area contributed by atoms with E-state index < -0.39 is 11.9 Å². The quantitative estimate of drug-likeness (QED) is 0.376.